The highest BCUT2D eigenvalue weighted by atomic mass is 32.2. The lowest BCUT2D eigenvalue weighted by Gasteiger charge is -2.03. The Labute approximate surface area is 190 Å². The van der Waals surface area contributed by atoms with Crippen molar-refractivity contribution in [1.82, 2.24) is 25.1 Å². The van der Waals surface area contributed by atoms with Crippen LogP contribution in [0.1, 0.15) is 27.0 Å². The number of nitrogens with one attached hydrogen (secondary N) is 2. The quantitative estimate of drug-likeness (QED) is 0.331. The largest absolute Gasteiger partial charge is 0.309 e. The Morgan fingerprint density at radius 2 is 1.90 bits per heavy atom. The van der Waals surface area contributed by atoms with Crippen molar-refractivity contribution in [3.8, 4) is 11.1 Å². The summed E-state index contributed by atoms with van der Waals surface area (Å²) in [5.74, 6) is 1.96. The molecule has 4 heterocycles. The van der Waals surface area contributed by atoms with E-state index >= 15 is 0 Å². The molecule has 1 aromatic carbocycles. The Kier molecular flexibility index (Phi) is 5.47. The van der Waals surface area contributed by atoms with Crippen molar-refractivity contribution >= 4 is 44.7 Å². The maximum absolute atomic E-state index is 12.9. The molecule has 0 aliphatic carbocycles. The smallest absolute Gasteiger partial charge is 0.260 e. The van der Waals surface area contributed by atoms with Crippen molar-refractivity contribution < 1.29 is 0 Å². The molecule has 0 bridgehead atoms. The average Bonchev–Trinajstić information content (AvgIpc) is 3.48. The van der Waals surface area contributed by atoms with Gasteiger partial charge in [-0.15, -0.1) is 27.8 Å². The van der Waals surface area contributed by atoms with E-state index < -0.39 is 0 Å². The number of aromatic amines is 2. The summed E-state index contributed by atoms with van der Waals surface area (Å²) in [7, 11) is 0. The second-order valence-corrected chi connectivity index (χ2v) is 10.4. The predicted octanol–water partition coefficient (Wildman–Crippen LogP) is 5.33. The molecule has 0 amide bonds. The Morgan fingerprint density at radius 1 is 1.06 bits per heavy atom. The Morgan fingerprint density at radius 3 is 2.68 bits per heavy atom. The molecule has 156 valence electrons. The van der Waals surface area contributed by atoms with Crippen LogP contribution in [0.25, 0.3) is 21.3 Å². The monoisotopic (exact) mass is 465 g/mol. The summed E-state index contributed by atoms with van der Waals surface area (Å²) in [6, 6.07) is 12.4. The van der Waals surface area contributed by atoms with Crippen molar-refractivity contribution in [2.45, 2.75) is 31.2 Å². The molecule has 0 atom stereocenters. The Hall–Kier alpha value is -2.75. The number of rotatable bonds is 6. The van der Waals surface area contributed by atoms with Crippen LogP contribution in [0.2, 0.25) is 0 Å². The van der Waals surface area contributed by atoms with Gasteiger partial charge in [0.25, 0.3) is 5.56 Å². The lowest BCUT2D eigenvalue weighted by molar-refractivity contribution is 0.957. The second-order valence-electron chi connectivity index (χ2n) is 7.20. The van der Waals surface area contributed by atoms with E-state index in [9.17, 15) is 4.79 Å². The van der Waals surface area contributed by atoms with E-state index in [-0.39, 0.29) is 5.56 Å². The number of aryl methyl sites for hydroxylation is 2. The molecule has 9 heteroatoms. The molecule has 0 radical (unpaired) electrons. The zero-order chi connectivity index (χ0) is 21.4. The molecule has 5 aromatic rings. The number of hydrogen-bond acceptors (Lipinski definition) is 7. The van der Waals surface area contributed by atoms with Crippen LogP contribution in [0.15, 0.2) is 51.7 Å². The molecule has 2 N–H and O–H groups in total. The van der Waals surface area contributed by atoms with Gasteiger partial charge in [0, 0.05) is 21.7 Å². The number of fused-ring (bicyclic) bond motifs is 1. The maximum Gasteiger partial charge on any atom is 0.260 e. The zero-order valence-corrected chi connectivity index (χ0v) is 19.4. The lowest BCUT2D eigenvalue weighted by atomic mass is 10.0. The molecule has 6 nitrogen and oxygen atoms in total. The number of hydrogen-bond donors (Lipinski definition) is 2. The third kappa shape index (κ3) is 4.21. The molecular formula is C22H19N5OS3. The number of aromatic nitrogens is 5. The fourth-order valence-corrected chi connectivity index (χ4v) is 5.89. The van der Waals surface area contributed by atoms with Crippen molar-refractivity contribution in [3.05, 3.63) is 79.1 Å². The maximum atomic E-state index is 12.9. The van der Waals surface area contributed by atoms with E-state index in [1.165, 1.54) is 22.2 Å². The second kappa shape index (κ2) is 8.41. The summed E-state index contributed by atoms with van der Waals surface area (Å²) in [5, 5.41) is 10.6. The minimum atomic E-state index is -0.103. The first-order chi connectivity index (χ1) is 15.1. The van der Waals surface area contributed by atoms with Gasteiger partial charge in [-0.3, -0.25) is 9.89 Å². The van der Waals surface area contributed by atoms with Gasteiger partial charge in [0.15, 0.2) is 0 Å². The minimum absolute atomic E-state index is 0.103. The number of H-pyrrole nitrogens is 2. The zero-order valence-electron chi connectivity index (χ0n) is 16.9. The predicted molar refractivity (Wildman–Crippen MR) is 128 cm³/mol. The number of nitrogens with zero attached hydrogens (tertiary/aromatic N) is 3. The van der Waals surface area contributed by atoms with E-state index in [4.69, 9.17) is 4.98 Å². The van der Waals surface area contributed by atoms with Gasteiger partial charge in [0.05, 0.1) is 11.1 Å². The van der Waals surface area contributed by atoms with Crippen LogP contribution in [-0.4, -0.2) is 25.1 Å². The topological polar surface area (TPSA) is 87.3 Å². The molecular weight excluding hydrogens is 446 g/mol. The van der Waals surface area contributed by atoms with Gasteiger partial charge in [0.1, 0.15) is 16.5 Å². The summed E-state index contributed by atoms with van der Waals surface area (Å²) >= 11 is 4.71. The fourth-order valence-electron chi connectivity index (χ4n) is 3.43. The summed E-state index contributed by atoms with van der Waals surface area (Å²) < 4.78 is 0. The highest BCUT2D eigenvalue weighted by molar-refractivity contribution is 7.98. The normalized spacial score (nSPS) is 11.4. The third-order valence-electron chi connectivity index (χ3n) is 4.90. The standard InChI is InChI=1S/C22H19N5OS3/c1-12-5-7-14(8-6-12)18-13(2)31-21-19(18)20(28)23-17(24-21)11-30-22-25-16(26-27-22)10-15-4-3-9-29-15/h3-9H,10-11H2,1-2H3,(H,23,24,28)(H,25,26,27). The molecule has 4 aromatic heterocycles. The van der Waals surface area contributed by atoms with Crippen LogP contribution < -0.4 is 5.56 Å². The van der Waals surface area contributed by atoms with Crippen molar-refractivity contribution in [3.63, 3.8) is 0 Å². The highest BCUT2D eigenvalue weighted by Crippen LogP contribution is 2.35. The molecule has 31 heavy (non-hydrogen) atoms. The minimum Gasteiger partial charge on any atom is -0.309 e. The summed E-state index contributed by atoms with van der Waals surface area (Å²) in [4.78, 5) is 28.2. The first-order valence-electron chi connectivity index (χ1n) is 9.72. The average molecular weight is 466 g/mol. The first kappa shape index (κ1) is 20.2. The lowest BCUT2D eigenvalue weighted by Crippen LogP contribution is -2.10. The van der Waals surface area contributed by atoms with Gasteiger partial charge in [-0.1, -0.05) is 47.7 Å². The van der Waals surface area contributed by atoms with Crippen LogP contribution in [0.4, 0.5) is 0 Å². The number of thiophene rings is 2. The number of benzene rings is 1. The summed E-state index contributed by atoms with van der Waals surface area (Å²) in [5.41, 5.74) is 3.11. The van der Waals surface area contributed by atoms with Gasteiger partial charge in [0.2, 0.25) is 5.16 Å². The molecule has 0 unspecified atom stereocenters. The van der Waals surface area contributed by atoms with Crippen LogP contribution in [0.3, 0.4) is 0 Å². The molecule has 0 spiro atoms. The van der Waals surface area contributed by atoms with Crippen molar-refractivity contribution in [2.75, 3.05) is 0 Å². The SMILES string of the molecule is Cc1ccc(-c2c(C)sc3nc(CSc4n[nH]c(Cc5cccs5)n4)[nH]c(=O)c23)cc1. The van der Waals surface area contributed by atoms with Gasteiger partial charge in [-0.25, -0.2) is 9.97 Å². The molecule has 0 saturated carbocycles. The van der Waals surface area contributed by atoms with E-state index in [1.807, 2.05) is 13.0 Å². The van der Waals surface area contributed by atoms with Crippen LogP contribution in [-0.2, 0) is 12.2 Å². The molecule has 0 saturated heterocycles. The van der Waals surface area contributed by atoms with Crippen LogP contribution >= 0.6 is 34.4 Å². The first-order valence-corrected chi connectivity index (χ1v) is 12.4. The van der Waals surface area contributed by atoms with E-state index in [1.54, 1.807) is 22.7 Å². The van der Waals surface area contributed by atoms with Gasteiger partial charge >= 0.3 is 0 Å². The summed E-state index contributed by atoms with van der Waals surface area (Å²) in [6.45, 7) is 4.10. The van der Waals surface area contributed by atoms with Gasteiger partial charge < -0.3 is 4.98 Å². The number of thioether (sulfide) groups is 1. The molecule has 0 aliphatic rings. The van der Waals surface area contributed by atoms with Gasteiger partial charge in [-0.2, -0.15) is 0 Å². The third-order valence-corrected chi connectivity index (χ3v) is 7.63. The van der Waals surface area contributed by atoms with Crippen LogP contribution in [0, 0.1) is 13.8 Å². The molecule has 0 aliphatic heterocycles. The fraction of sp³-hybridized carbons (Fsp3) is 0.182. The Bertz CT molecular complexity index is 1400. The Balaban J connectivity index is 1.37. The van der Waals surface area contributed by atoms with Crippen molar-refractivity contribution in [1.29, 1.82) is 0 Å². The van der Waals surface area contributed by atoms with Crippen molar-refractivity contribution in [2.24, 2.45) is 0 Å². The van der Waals surface area contributed by atoms with E-state index in [0.29, 0.717) is 22.1 Å². The van der Waals surface area contributed by atoms with Crippen LogP contribution in [0.5, 0.6) is 0 Å². The summed E-state index contributed by atoms with van der Waals surface area (Å²) in [6.07, 6.45) is 0.739. The molecule has 0 fully saturated rings. The van der Waals surface area contributed by atoms with E-state index in [2.05, 4.69) is 62.8 Å². The van der Waals surface area contributed by atoms with Gasteiger partial charge in [-0.05, 0) is 30.9 Å². The molecule has 5 rings (SSSR count). The highest BCUT2D eigenvalue weighted by Gasteiger charge is 2.17. The van der Waals surface area contributed by atoms with E-state index in [0.717, 1.165) is 33.1 Å².